The van der Waals surface area contributed by atoms with Crippen molar-refractivity contribution in [3.63, 3.8) is 0 Å². The molecule has 1 aromatic heterocycles. The summed E-state index contributed by atoms with van der Waals surface area (Å²) < 4.78 is 0. The lowest BCUT2D eigenvalue weighted by molar-refractivity contribution is -0.127. The third kappa shape index (κ3) is 4.86. The summed E-state index contributed by atoms with van der Waals surface area (Å²) in [7, 11) is 0. The van der Waals surface area contributed by atoms with Crippen molar-refractivity contribution in [3.05, 3.63) is 47.5 Å². The topological polar surface area (TPSA) is 100 Å². The van der Waals surface area contributed by atoms with Crippen molar-refractivity contribution in [1.82, 2.24) is 15.7 Å². The minimum absolute atomic E-state index is 0.0222. The minimum atomic E-state index is -1.01. The quantitative estimate of drug-likeness (QED) is 0.263. The molecule has 182 valence electrons. The van der Waals surface area contributed by atoms with Crippen LogP contribution in [0.4, 0.5) is 5.82 Å². The maximum atomic E-state index is 12.1. The second kappa shape index (κ2) is 9.47. The standard InChI is InChI=1S/C27H37N5O2/c1-26(2)12-13-27(3,4)21-16-18(8-9-20(21)26)22-6-5-7-24(30-22)32-14-10-19(11-15-32)29-25(34)23(17-33)31-28/h5-9,16-17,19,23,31H,10-15,28H2,1-4H3,(H,29,34). The monoisotopic (exact) mass is 463 g/mol. The average Bonchev–Trinajstić information content (AvgIpc) is 2.83. The summed E-state index contributed by atoms with van der Waals surface area (Å²) in [6.45, 7) is 11.0. The molecule has 1 unspecified atom stereocenters. The van der Waals surface area contributed by atoms with Crippen molar-refractivity contribution >= 4 is 18.0 Å². The first kappa shape index (κ1) is 24.4. The Morgan fingerprint density at radius 3 is 2.41 bits per heavy atom. The number of pyridine rings is 1. The van der Waals surface area contributed by atoms with Crippen molar-refractivity contribution in [2.24, 2.45) is 5.84 Å². The van der Waals surface area contributed by atoms with Gasteiger partial charge in [0.15, 0.2) is 6.04 Å². The number of fused-ring (bicyclic) bond motifs is 1. The van der Waals surface area contributed by atoms with Gasteiger partial charge in [0.25, 0.3) is 0 Å². The van der Waals surface area contributed by atoms with Crippen LogP contribution in [0, 0.1) is 0 Å². The van der Waals surface area contributed by atoms with Crippen LogP contribution in [0.25, 0.3) is 11.3 Å². The summed E-state index contributed by atoms with van der Waals surface area (Å²) in [4.78, 5) is 30.3. The summed E-state index contributed by atoms with van der Waals surface area (Å²) in [6, 6.07) is 12.1. The van der Waals surface area contributed by atoms with E-state index < -0.39 is 6.04 Å². The predicted octanol–water partition coefficient (Wildman–Crippen LogP) is 3.21. The Balaban J connectivity index is 1.49. The van der Waals surface area contributed by atoms with Gasteiger partial charge >= 0.3 is 0 Å². The van der Waals surface area contributed by atoms with Gasteiger partial charge in [0.2, 0.25) is 5.91 Å². The summed E-state index contributed by atoms with van der Waals surface area (Å²) in [5.74, 6) is 5.83. The normalized spacial score (nSPS) is 20.3. The van der Waals surface area contributed by atoms with E-state index >= 15 is 0 Å². The molecule has 0 spiro atoms. The molecule has 1 fully saturated rings. The Morgan fingerprint density at radius 1 is 1.09 bits per heavy atom. The third-order valence-corrected chi connectivity index (χ3v) is 7.65. The molecule has 1 saturated heterocycles. The number of aromatic nitrogens is 1. The number of nitrogens with two attached hydrogens (primary N) is 1. The van der Waals surface area contributed by atoms with Gasteiger partial charge in [0, 0.05) is 24.7 Å². The average molecular weight is 464 g/mol. The van der Waals surface area contributed by atoms with Gasteiger partial charge in [0.05, 0.1) is 5.69 Å². The molecular formula is C27H37N5O2. The van der Waals surface area contributed by atoms with E-state index in [4.69, 9.17) is 10.8 Å². The first-order valence-corrected chi connectivity index (χ1v) is 12.2. The van der Waals surface area contributed by atoms with Crippen LogP contribution in [0.3, 0.4) is 0 Å². The maximum absolute atomic E-state index is 12.1. The molecule has 1 aromatic carbocycles. The van der Waals surface area contributed by atoms with Gasteiger partial charge < -0.3 is 15.0 Å². The summed E-state index contributed by atoms with van der Waals surface area (Å²) in [5.41, 5.74) is 7.61. The second-order valence-corrected chi connectivity index (χ2v) is 11.0. The number of anilines is 1. The van der Waals surface area contributed by atoms with Crippen LogP contribution in [0.2, 0.25) is 0 Å². The van der Waals surface area contributed by atoms with Crippen LogP contribution in [0.15, 0.2) is 36.4 Å². The molecule has 7 heteroatoms. The van der Waals surface area contributed by atoms with Gasteiger partial charge in [-0.15, -0.1) is 0 Å². The largest absolute Gasteiger partial charge is 0.356 e. The molecule has 1 atom stereocenters. The van der Waals surface area contributed by atoms with Gasteiger partial charge in [-0.2, -0.15) is 0 Å². The Kier molecular flexibility index (Phi) is 6.78. The van der Waals surface area contributed by atoms with E-state index in [1.165, 1.54) is 24.0 Å². The van der Waals surface area contributed by atoms with E-state index in [-0.39, 0.29) is 22.8 Å². The summed E-state index contributed by atoms with van der Waals surface area (Å²) >= 11 is 0. The van der Waals surface area contributed by atoms with Gasteiger partial charge in [-0.1, -0.05) is 45.9 Å². The molecule has 2 heterocycles. The number of hydrogen-bond acceptors (Lipinski definition) is 6. The first-order chi connectivity index (χ1) is 16.1. The number of benzene rings is 1. The molecule has 2 aromatic rings. The van der Waals surface area contributed by atoms with E-state index in [1.54, 1.807) is 0 Å². The zero-order chi connectivity index (χ0) is 24.5. The van der Waals surface area contributed by atoms with Crippen LogP contribution in [-0.2, 0) is 20.4 Å². The molecule has 1 aliphatic heterocycles. The number of carbonyl (C=O) groups is 2. The predicted molar refractivity (Wildman–Crippen MR) is 136 cm³/mol. The van der Waals surface area contributed by atoms with Crippen molar-refractivity contribution < 1.29 is 9.59 Å². The molecule has 4 N–H and O–H groups in total. The fourth-order valence-electron chi connectivity index (χ4n) is 5.23. The molecular weight excluding hydrogens is 426 g/mol. The van der Waals surface area contributed by atoms with E-state index in [0.717, 1.165) is 43.0 Å². The van der Waals surface area contributed by atoms with E-state index in [0.29, 0.717) is 6.29 Å². The smallest absolute Gasteiger partial charge is 0.246 e. The number of piperidine rings is 1. The highest BCUT2D eigenvalue weighted by molar-refractivity contribution is 5.95. The number of nitrogens with one attached hydrogen (secondary N) is 2. The number of nitrogens with zero attached hydrogens (tertiary/aromatic N) is 2. The molecule has 1 aliphatic carbocycles. The van der Waals surface area contributed by atoms with Crippen molar-refractivity contribution in [2.75, 3.05) is 18.0 Å². The van der Waals surface area contributed by atoms with Gasteiger partial charge in [-0.3, -0.25) is 10.6 Å². The Hall–Kier alpha value is -2.77. The minimum Gasteiger partial charge on any atom is -0.356 e. The Morgan fingerprint density at radius 2 is 1.76 bits per heavy atom. The zero-order valence-electron chi connectivity index (χ0n) is 20.7. The number of hydrogen-bond donors (Lipinski definition) is 3. The lowest BCUT2D eigenvalue weighted by Crippen LogP contribution is -2.53. The lowest BCUT2D eigenvalue weighted by atomic mass is 9.63. The van der Waals surface area contributed by atoms with Gasteiger partial charge in [0.1, 0.15) is 12.1 Å². The molecule has 1 amide bonds. The van der Waals surface area contributed by atoms with E-state index in [9.17, 15) is 9.59 Å². The number of rotatable bonds is 6. The van der Waals surface area contributed by atoms with Gasteiger partial charge in [-0.05, 0) is 65.8 Å². The number of amides is 1. The number of hydrazine groups is 1. The van der Waals surface area contributed by atoms with Crippen molar-refractivity contribution in [2.45, 2.75) is 76.3 Å². The van der Waals surface area contributed by atoms with Crippen LogP contribution in [0.1, 0.15) is 64.5 Å². The Labute approximate surface area is 202 Å². The molecule has 0 bridgehead atoms. The van der Waals surface area contributed by atoms with Crippen LogP contribution in [0.5, 0.6) is 0 Å². The molecule has 0 saturated carbocycles. The first-order valence-electron chi connectivity index (χ1n) is 12.2. The van der Waals surface area contributed by atoms with Crippen LogP contribution in [-0.4, -0.2) is 42.4 Å². The summed E-state index contributed by atoms with van der Waals surface area (Å²) in [6.07, 6.45) is 4.48. The van der Waals surface area contributed by atoms with Crippen molar-refractivity contribution in [1.29, 1.82) is 0 Å². The van der Waals surface area contributed by atoms with Crippen LogP contribution < -0.4 is 21.5 Å². The highest BCUT2D eigenvalue weighted by atomic mass is 16.2. The maximum Gasteiger partial charge on any atom is 0.246 e. The molecule has 2 aliphatic rings. The van der Waals surface area contributed by atoms with E-state index in [2.05, 4.69) is 79.7 Å². The highest BCUT2D eigenvalue weighted by Crippen LogP contribution is 2.46. The lowest BCUT2D eigenvalue weighted by Gasteiger charge is -2.42. The molecule has 0 radical (unpaired) electrons. The van der Waals surface area contributed by atoms with E-state index in [1.807, 2.05) is 0 Å². The SMILES string of the molecule is CC1(C)CCC(C)(C)c2cc(-c3cccc(N4CCC(NC(=O)C(C=O)NN)CC4)n3)ccc21. The molecule has 34 heavy (non-hydrogen) atoms. The van der Waals surface area contributed by atoms with Gasteiger partial charge in [-0.25, -0.2) is 10.4 Å². The Bertz CT molecular complexity index is 1060. The van der Waals surface area contributed by atoms with Crippen LogP contribution >= 0.6 is 0 Å². The molecule has 4 rings (SSSR count). The second-order valence-electron chi connectivity index (χ2n) is 11.0. The van der Waals surface area contributed by atoms with Crippen molar-refractivity contribution in [3.8, 4) is 11.3 Å². The fraction of sp³-hybridized carbons (Fsp3) is 0.519. The number of aldehydes is 1. The highest BCUT2D eigenvalue weighted by Gasteiger charge is 2.37. The fourth-order valence-corrected chi connectivity index (χ4v) is 5.23. The number of carbonyl (C=O) groups excluding carboxylic acids is 2. The third-order valence-electron chi connectivity index (χ3n) is 7.65. The molecule has 7 nitrogen and oxygen atoms in total. The zero-order valence-corrected chi connectivity index (χ0v) is 20.7. The summed E-state index contributed by atoms with van der Waals surface area (Å²) in [5, 5.41) is 2.91.